The smallest absolute Gasteiger partial charge is 0.0654 e. The Morgan fingerprint density at radius 3 is 0.356 bits per heavy atom. The molecule has 0 aromatic heterocycles. The summed E-state index contributed by atoms with van der Waals surface area (Å²) in [5.41, 5.74) is 0. The minimum atomic E-state index is -1.18. The van der Waals surface area contributed by atoms with E-state index in [2.05, 4.69) is 27.7 Å². The average Bonchev–Trinajstić information content (AvgIpc) is 3.25. The molecule has 0 aliphatic rings. The van der Waals surface area contributed by atoms with Crippen molar-refractivity contribution in [3.05, 3.63) is 0 Å². The van der Waals surface area contributed by atoms with Gasteiger partial charge in [0.2, 0.25) is 0 Å². The SMILES string of the molecule is CCCCCCCCCCCCCCCC[PH](CCCCCCCCCC)(CCCCCCCCCCCCCCCC)CCCCCCCCCCCCCCCC. The normalized spacial score (nSPS) is 12.3. The first kappa shape index (κ1) is 59.4. The van der Waals surface area contributed by atoms with Crippen LogP contribution in [0.3, 0.4) is 0 Å². The molecule has 0 aliphatic heterocycles. The topological polar surface area (TPSA) is 0 Å². The van der Waals surface area contributed by atoms with E-state index < -0.39 is 7.26 Å². The Labute approximate surface area is 379 Å². The van der Waals surface area contributed by atoms with Gasteiger partial charge >= 0.3 is 302 Å². The second kappa shape index (κ2) is 52.8. The number of hydrogen-bond acceptors (Lipinski definition) is 0. The van der Waals surface area contributed by atoms with Gasteiger partial charge in [0, 0.05) is 0 Å². The van der Waals surface area contributed by atoms with Crippen LogP contribution in [-0.4, -0.2) is 24.6 Å². The molecule has 0 spiro atoms. The van der Waals surface area contributed by atoms with Gasteiger partial charge in [-0.25, -0.2) is 0 Å². The molecule has 0 bridgehead atoms. The van der Waals surface area contributed by atoms with Gasteiger partial charge in [-0.3, -0.25) is 0 Å². The molecule has 0 aromatic carbocycles. The quantitative estimate of drug-likeness (QED) is 0.0423. The summed E-state index contributed by atoms with van der Waals surface area (Å²) >= 11 is 0. The summed E-state index contributed by atoms with van der Waals surface area (Å²) in [6.07, 6.45) is 81.5. The molecule has 0 heterocycles. The van der Waals surface area contributed by atoms with Crippen molar-refractivity contribution in [3.8, 4) is 0 Å². The van der Waals surface area contributed by atoms with Crippen molar-refractivity contribution in [2.45, 2.75) is 349 Å². The Morgan fingerprint density at radius 1 is 0.136 bits per heavy atom. The summed E-state index contributed by atoms with van der Waals surface area (Å²) in [6.45, 7) is 9.36. The number of rotatable bonds is 54. The van der Waals surface area contributed by atoms with Crippen LogP contribution in [0.5, 0.6) is 0 Å². The molecule has 0 aliphatic carbocycles. The molecule has 0 rings (SSSR count). The molecule has 0 radical (unpaired) electrons. The third-order valence-electron chi connectivity index (χ3n) is 14.7. The van der Waals surface area contributed by atoms with E-state index in [9.17, 15) is 0 Å². The van der Waals surface area contributed by atoms with E-state index in [-0.39, 0.29) is 0 Å². The van der Waals surface area contributed by atoms with Crippen LogP contribution in [0.2, 0.25) is 0 Å². The van der Waals surface area contributed by atoms with Crippen LogP contribution in [0.4, 0.5) is 0 Å². The molecular weight excluding hydrogens is 728 g/mol. The maximum atomic E-state index is 2.36. The van der Waals surface area contributed by atoms with Crippen molar-refractivity contribution in [1.29, 1.82) is 0 Å². The minimum absolute atomic E-state index is 1.18. The molecule has 0 aromatic rings. The number of hydrogen-bond donors (Lipinski definition) is 0. The zero-order chi connectivity index (χ0) is 42.7. The summed E-state index contributed by atoms with van der Waals surface area (Å²) in [5.74, 6) is 0. The Kier molecular flexibility index (Phi) is 53.2. The predicted octanol–water partition coefficient (Wildman–Crippen LogP) is 22.3. The molecule has 1 heteroatoms. The second-order valence-corrected chi connectivity index (χ2v) is 25.8. The zero-order valence-corrected chi connectivity index (χ0v) is 43.7. The van der Waals surface area contributed by atoms with Gasteiger partial charge in [0.15, 0.2) is 0 Å². The fourth-order valence-electron chi connectivity index (χ4n) is 10.5. The Balaban J connectivity index is 4.82. The van der Waals surface area contributed by atoms with Crippen LogP contribution in [0.25, 0.3) is 0 Å². The van der Waals surface area contributed by atoms with Crippen LogP contribution in [0.15, 0.2) is 0 Å². The van der Waals surface area contributed by atoms with E-state index in [1.807, 2.05) is 0 Å². The second-order valence-electron chi connectivity index (χ2n) is 20.8. The fraction of sp³-hybridized carbons (Fsp3) is 1.00. The summed E-state index contributed by atoms with van der Waals surface area (Å²) in [5, 5.41) is 0. The molecule has 0 nitrogen and oxygen atoms in total. The van der Waals surface area contributed by atoms with Crippen LogP contribution < -0.4 is 0 Å². The van der Waals surface area contributed by atoms with Crippen LogP contribution >= 0.6 is 7.26 Å². The first-order valence-corrected chi connectivity index (χ1v) is 32.1. The van der Waals surface area contributed by atoms with Crippen molar-refractivity contribution in [1.82, 2.24) is 0 Å². The van der Waals surface area contributed by atoms with Crippen molar-refractivity contribution in [2.75, 3.05) is 24.6 Å². The van der Waals surface area contributed by atoms with E-state index in [1.54, 1.807) is 69.6 Å². The van der Waals surface area contributed by atoms with Gasteiger partial charge in [-0.15, -0.1) is 0 Å². The van der Waals surface area contributed by atoms with E-state index >= 15 is 0 Å². The van der Waals surface area contributed by atoms with Gasteiger partial charge in [-0.2, -0.15) is 0 Å². The minimum Gasteiger partial charge on any atom is -0.0654 e. The van der Waals surface area contributed by atoms with Crippen LogP contribution in [-0.2, 0) is 0 Å². The maximum absolute atomic E-state index is 2.36. The van der Waals surface area contributed by atoms with E-state index in [0.29, 0.717) is 0 Å². The summed E-state index contributed by atoms with van der Waals surface area (Å²) < 4.78 is 0. The molecule has 358 valence electrons. The third kappa shape index (κ3) is 47.7. The Morgan fingerprint density at radius 2 is 0.237 bits per heavy atom. The summed E-state index contributed by atoms with van der Waals surface area (Å²) in [6, 6.07) is 0. The first-order valence-electron chi connectivity index (χ1n) is 29.2. The third-order valence-corrected chi connectivity index (χ3v) is 20.4. The average molecular weight is 850 g/mol. The number of unbranched alkanes of at least 4 members (excludes halogenated alkanes) is 46. The van der Waals surface area contributed by atoms with Crippen molar-refractivity contribution < 1.29 is 0 Å². The fourth-order valence-corrected chi connectivity index (χ4v) is 16.0. The predicted molar refractivity (Wildman–Crippen MR) is 281 cm³/mol. The molecule has 59 heavy (non-hydrogen) atoms. The summed E-state index contributed by atoms with van der Waals surface area (Å²) in [7, 11) is -1.18. The molecule has 0 atom stereocenters. The van der Waals surface area contributed by atoms with Crippen LogP contribution in [0.1, 0.15) is 349 Å². The first-order chi connectivity index (χ1) is 29.2. The van der Waals surface area contributed by atoms with Crippen molar-refractivity contribution in [2.24, 2.45) is 0 Å². The van der Waals surface area contributed by atoms with Gasteiger partial charge < -0.3 is 0 Å². The van der Waals surface area contributed by atoms with Gasteiger partial charge in [0.25, 0.3) is 0 Å². The van der Waals surface area contributed by atoms with Crippen molar-refractivity contribution in [3.63, 3.8) is 0 Å². The summed E-state index contributed by atoms with van der Waals surface area (Å²) in [4.78, 5) is 0. The molecule has 0 N–H and O–H groups in total. The van der Waals surface area contributed by atoms with Gasteiger partial charge in [-0.1, -0.05) is 78.6 Å². The van der Waals surface area contributed by atoms with E-state index in [1.165, 1.54) is 276 Å². The van der Waals surface area contributed by atoms with Gasteiger partial charge in [-0.05, 0) is 0 Å². The molecule has 0 amide bonds. The molecular formula is C58H121P. The van der Waals surface area contributed by atoms with Gasteiger partial charge in [0.05, 0.1) is 0 Å². The zero-order valence-electron chi connectivity index (χ0n) is 42.7. The van der Waals surface area contributed by atoms with E-state index in [4.69, 9.17) is 0 Å². The van der Waals surface area contributed by atoms with Crippen LogP contribution in [0, 0.1) is 0 Å². The van der Waals surface area contributed by atoms with E-state index in [0.717, 1.165) is 0 Å². The molecule has 0 fully saturated rings. The monoisotopic (exact) mass is 849 g/mol. The molecule has 0 unspecified atom stereocenters. The Bertz CT molecular complexity index is 635. The Hall–Kier alpha value is 0.430. The molecule has 0 saturated carbocycles. The standard InChI is InChI=1S/C58H121P/c1-5-9-13-17-21-25-28-31-34-37-40-44-48-52-56-59(55-51-47-43-24-20-16-12-8-4,57-53-49-45-41-38-35-32-29-26-22-18-14-10-6-2)58-54-50-46-42-39-36-33-30-27-23-19-15-11-7-3/h59H,5-58H2,1-4H3. The van der Waals surface area contributed by atoms with Crippen molar-refractivity contribution >= 4 is 7.26 Å². The molecule has 0 saturated heterocycles. The van der Waals surface area contributed by atoms with Gasteiger partial charge in [0.1, 0.15) is 0 Å².